The van der Waals surface area contributed by atoms with Gasteiger partial charge in [-0.05, 0) is 54.6 Å². The van der Waals surface area contributed by atoms with Crippen molar-refractivity contribution >= 4 is 5.78 Å². The molecule has 0 spiro atoms. The molecule has 3 fully saturated rings. The first-order valence-electron chi connectivity index (χ1n) is 11.4. The zero-order valence-corrected chi connectivity index (χ0v) is 24.8. The summed E-state index contributed by atoms with van der Waals surface area (Å²) in [5.74, 6) is 8.77. The fourth-order valence-electron chi connectivity index (χ4n) is 4.87. The molecule has 10 heteroatoms. The number of fused-ring (bicyclic) bond motifs is 2. The van der Waals surface area contributed by atoms with E-state index in [1.807, 2.05) is 44.2 Å². The Morgan fingerprint density at radius 3 is 1.80 bits per heavy atom. The summed E-state index contributed by atoms with van der Waals surface area (Å²) in [5, 5.41) is 0. The molecule has 218 valence electrons. The van der Waals surface area contributed by atoms with Gasteiger partial charge in [-0.1, -0.05) is 57.7 Å². The first-order chi connectivity index (χ1) is 18.4. The first-order valence-corrected chi connectivity index (χ1v) is 11.4. The topological polar surface area (TPSA) is 146 Å². The predicted octanol–water partition coefficient (Wildman–Crippen LogP) is 4.88. The molecule has 2 unspecified atom stereocenters. The molecule has 2 radical (unpaired) electrons. The first kappa shape index (κ1) is 50.7. The molecule has 1 aromatic rings. The van der Waals surface area contributed by atoms with Crippen molar-refractivity contribution in [3.8, 4) is 11.8 Å². The van der Waals surface area contributed by atoms with Crippen LogP contribution in [0.2, 0.25) is 0 Å². The van der Waals surface area contributed by atoms with Crippen LogP contribution < -0.4 is 0 Å². The number of ketones is 1. The zero-order valence-electron chi connectivity index (χ0n) is 22.7. The van der Waals surface area contributed by atoms with Crippen molar-refractivity contribution in [3.63, 3.8) is 0 Å². The van der Waals surface area contributed by atoms with Crippen molar-refractivity contribution in [3.05, 3.63) is 75.8 Å². The van der Waals surface area contributed by atoms with Crippen LogP contribution in [0.4, 0.5) is 0 Å². The Morgan fingerprint density at radius 1 is 0.925 bits per heavy atom. The molecule has 3 saturated carbocycles. The molecule has 4 rings (SSSR count). The maximum absolute atomic E-state index is 12.2. The molecule has 5 atom stereocenters. The minimum Gasteiger partial charge on any atom is 0 e. The summed E-state index contributed by atoms with van der Waals surface area (Å²) in [6.45, 7) is 36.4. The molecule has 0 heterocycles. The van der Waals surface area contributed by atoms with E-state index >= 15 is 0 Å². The Hall–Kier alpha value is -2.14. The number of hydrogen-bond donors (Lipinski definition) is 0. The van der Waals surface area contributed by atoms with Crippen LogP contribution in [-0.2, 0) is 71.0 Å². The van der Waals surface area contributed by atoms with Crippen LogP contribution in [-0.4, -0.2) is 18.5 Å². The SMILES string of the molecule is CCC(=O)C(C)C(C#Cc1ccccc1)OC[C@H]1CC[C@H]2C[C@@H]1C2(C)C.[C-]#[O+].[C-]#[O+].[C-]#[O+].[C-]#[O+].[C-]#[O+].[C-]#[O+].[Co].[Co]. The molecule has 3 aliphatic rings. The van der Waals surface area contributed by atoms with Gasteiger partial charge in [0, 0.05) is 45.5 Å². The third-order valence-electron chi connectivity index (χ3n) is 6.93. The fourth-order valence-corrected chi connectivity index (χ4v) is 4.87. The van der Waals surface area contributed by atoms with E-state index in [1.54, 1.807) is 0 Å². The maximum Gasteiger partial charge on any atom is 0 e. The van der Waals surface area contributed by atoms with Crippen LogP contribution in [0.3, 0.4) is 0 Å². The largest absolute Gasteiger partial charge is 0 e. The second-order valence-corrected chi connectivity index (χ2v) is 8.70. The van der Waals surface area contributed by atoms with E-state index in [0.29, 0.717) is 17.8 Å². The average Bonchev–Trinajstić information content (AvgIpc) is 3.03. The van der Waals surface area contributed by atoms with Crippen molar-refractivity contribution in [1.29, 1.82) is 0 Å². The number of carbonyl (C=O) groups excluding carboxylic acids is 1. The zero-order chi connectivity index (χ0) is 30.7. The molecule has 0 saturated heterocycles. The van der Waals surface area contributed by atoms with Crippen molar-refractivity contribution < 1.29 is 71.0 Å². The maximum atomic E-state index is 12.2. The van der Waals surface area contributed by atoms with E-state index in [4.69, 9.17) is 32.6 Å². The minimum absolute atomic E-state index is 0. The van der Waals surface area contributed by atoms with Crippen LogP contribution in [0.5, 0.6) is 0 Å². The van der Waals surface area contributed by atoms with E-state index in [2.05, 4.69) is 65.6 Å². The van der Waals surface area contributed by atoms with Crippen LogP contribution >= 0.6 is 0 Å². The Kier molecular flexibility index (Phi) is 41.9. The Labute approximate surface area is 258 Å². The van der Waals surface area contributed by atoms with Gasteiger partial charge in [0.25, 0.3) is 0 Å². The van der Waals surface area contributed by atoms with Gasteiger partial charge in [0.2, 0.25) is 0 Å². The van der Waals surface area contributed by atoms with Crippen LogP contribution in [0.1, 0.15) is 58.9 Å². The molecule has 40 heavy (non-hydrogen) atoms. The second kappa shape index (κ2) is 33.1. The van der Waals surface area contributed by atoms with Crippen LogP contribution in [0.15, 0.2) is 30.3 Å². The van der Waals surface area contributed by atoms with Crippen molar-refractivity contribution in [1.82, 2.24) is 0 Å². The van der Waals surface area contributed by atoms with Gasteiger partial charge < -0.3 is 4.74 Å². The van der Waals surface area contributed by atoms with Gasteiger partial charge in [0.15, 0.2) is 0 Å². The number of carbonyl (C=O) groups is 1. The van der Waals surface area contributed by atoms with E-state index in [1.165, 1.54) is 19.3 Å². The standard InChI is InChI=1S/C24H32O2.6CO.2Co/c1-5-22(25)17(2)23(14-11-18-9-7-6-8-10-18)26-16-19-12-13-20-15-21(19)24(20,3)4;6*1-2;;/h6-10,17,19-21,23H,5,12-13,15-16H2,1-4H3;;;;;;;;/t17?,19-,20+,21+,23?;;;;;;;;/m1......../s1. The summed E-state index contributed by atoms with van der Waals surface area (Å²) >= 11 is 0. The summed E-state index contributed by atoms with van der Waals surface area (Å²) in [7, 11) is 0. The fraction of sp³-hybridized carbons (Fsp3) is 0.500. The van der Waals surface area contributed by atoms with Gasteiger partial charge in [-0.2, -0.15) is 0 Å². The number of Topliss-reactive ketones (excluding diaryl/α,β-unsaturated/α-hetero) is 1. The molecular weight excluding hydrogens is 606 g/mol. The van der Waals surface area contributed by atoms with Gasteiger partial charge in [0.1, 0.15) is 11.9 Å². The molecule has 0 amide bonds. The summed E-state index contributed by atoms with van der Waals surface area (Å²) < 4.78 is 51.3. The van der Waals surface area contributed by atoms with Crippen molar-refractivity contribution in [2.75, 3.05) is 6.61 Å². The smallest absolute Gasteiger partial charge is 0 e. The van der Waals surface area contributed by atoms with Crippen molar-refractivity contribution in [2.45, 2.75) is 59.5 Å². The molecule has 0 N–H and O–H groups in total. The molecule has 1 aromatic carbocycles. The molecule has 8 nitrogen and oxygen atoms in total. The van der Waals surface area contributed by atoms with E-state index in [9.17, 15) is 4.79 Å². The normalized spacial score (nSPS) is 18.6. The van der Waals surface area contributed by atoms with Crippen LogP contribution in [0, 0.1) is 80.8 Å². The van der Waals surface area contributed by atoms with E-state index in [-0.39, 0.29) is 51.4 Å². The Bertz CT molecular complexity index is 904. The predicted molar refractivity (Wildman–Crippen MR) is 129 cm³/mol. The molecule has 3 aliphatic carbocycles. The number of ether oxygens (including phenoxy) is 1. The monoisotopic (exact) mass is 638 g/mol. The second-order valence-electron chi connectivity index (χ2n) is 8.70. The summed E-state index contributed by atoms with van der Waals surface area (Å²) in [4.78, 5) is 12.2. The Balaban J connectivity index is -0.000000183. The third-order valence-corrected chi connectivity index (χ3v) is 6.93. The summed E-state index contributed by atoms with van der Waals surface area (Å²) in [5.41, 5.74) is 1.43. The third kappa shape index (κ3) is 16.8. The van der Waals surface area contributed by atoms with E-state index in [0.717, 1.165) is 24.0 Å². The van der Waals surface area contributed by atoms with Crippen molar-refractivity contribution in [2.24, 2.45) is 29.1 Å². The molecule has 0 aliphatic heterocycles. The van der Waals surface area contributed by atoms with Gasteiger partial charge in [-0.3, -0.25) is 4.79 Å². The molecule has 2 bridgehead atoms. The average molecular weight is 638 g/mol. The van der Waals surface area contributed by atoms with E-state index < -0.39 is 0 Å². The number of rotatable bonds is 6. The van der Waals surface area contributed by atoms with Crippen LogP contribution in [0.25, 0.3) is 0 Å². The Morgan fingerprint density at radius 2 is 1.40 bits per heavy atom. The van der Waals surface area contributed by atoms with Gasteiger partial charge in [-0.15, -0.1) is 0 Å². The summed E-state index contributed by atoms with van der Waals surface area (Å²) in [6.07, 6.45) is 4.15. The van der Waals surface area contributed by atoms with Gasteiger partial charge >= 0.3 is 67.8 Å². The summed E-state index contributed by atoms with van der Waals surface area (Å²) in [6, 6.07) is 9.94. The number of hydrogen-bond acceptors (Lipinski definition) is 2. The minimum atomic E-state index is -0.316. The molecular formula is C30H32Co2O8. The quantitative estimate of drug-likeness (QED) is 0.249. The number of benzene rings is 1. The molecule has 0 aromatic heterocycles. The van der Waals surface area contributed by atoms with Gasteiger partial charge in [0.05, 0.1) is 12.5 Å². The van der Waals surface area contributed by atoms with Gasteiger partial charge in [-0.25, -0.2) is 0 Å².